The summed E-state index contributed by atoms with van der Waals surface area (Å²) in [5, 5.41) is 0. The van der Waals surface area contributed by atoms with Crippen LogP contribution in [0.3, 0.4) is 0 Å². The summed E-state index contributed by atoms with van der Waals surface area (Å²) in [6.45, 7) is 13.9. The zero-order valence-corrected chi connectivity index (χ0v) is 21.9. The summed E-state index contributed by atoms with van der Waals surface area (Å²) in [4.78, 5) is 49.7. The molecule has 0 amide bonds. The normalized spacial score (nSPS) is 38.4. The van der Waals surface area contributed by atoms with E-state index < -0.39 is 52.5 Å². The van der Waals surface area contributed by atoms with E-state index in [4.69, 9.17) is 18.9 Å². The van der Waals surface area contributed by atoms with Gasteiger partial charge < -0.3 is 18.9 Å². The third-order valence-electron chi connectivity index (χ3n) is 8.70. The number of rotatable bonds is 5. The maximum atomic E-state index is 13.1. The Hall–Kier alpha value is -2.64. The number of esters is 4. The second-order valence-electron chi connectivity index (χ2n) is 10.8. The Morgan fingerprint density at radius 2 is 1.54 bits per heavy atom. The van der Waals surface area contributed by atoms with E-state index in [-0.39, 0.29) is 11.9 Å². The van der Waals surface area contributed by atoms with E-state index in [0.717, 1.165) is 5.57 Å². The fraction of sp³-hybridized carbons (Fsp3) is 0.704. The third kappa shape index (κ3) is 4.40. The molecule has 194 valence electrons. The van der Waals surface area contributed by atoms with Gasteiger partial charge in [0.25, 0.3) is 0 Å². The largest absolute Gasteiger partial charge is 0.469 e. The van der Waals surface area contributed by atoms with Crippen molar-refractivity contribution in [2.24, 2.45) is 22.2 Å². The molecule has 0 saturated heterocycles. The van der Waals surface area contributed by atoms with Crippen molar-refractivity contribution in [3.05, 3.63) is 23.8 Å². The lowest BCUT2D eigenvalue weighted by molar-refractivity contribution is -0.186. The lowest BCUT2D eigenvalue weighted by atomic mass is 9.45. The van der Waals surface area contributed by atoms with Crippen molar-refractivity contribution in [1.82, 2.24) is 0 Å². The quantitative estimate of drug-likeness (QED) is 0.323. The van der Waals surface area contributed by atoms with E-state index >= 15 is 0 Å². The first-order valence-corrected chi connectivity index (χ1v) is 12.2. The zero-order valence-electron chi connectivity index (χ0n) is 21.9. The Bertz CT molecular complexity index is 966. The highest BCUT2D eigenvalue weighted by molar-refractivity contribution is 5.78. The van der Waals surface area contributed by atoms with Crippen LogP contribution in [-0.4, -0.2) is 49.3 Å². The Morgan fingerprint density at radius 3 is 2.06 bits per heavy atom. The van der Waals surface area contributed by atoms with Crippen LogP contribution in [0.4, 0.5) is 0 Å². The van der Waals surface area contributed by atoms with Crippen LogP contribution in [0.5, 0.6) is 0 Å². The molecule has 1 saturated carbocycles. The molecule has 0 aliphatic heterocycles. The van der Waals surface area contributed by atoms with Gasteiger partial charge in [0.2, 0.25) is 0 Å². The number of carbonyl (C=O) groups excluding carboxylic acids is 4. The molecular weight excluding hydrogens is 452 g/mol. The molecule has 8 nitrogen and oxygen atoms in total. The van der Waals surface area contributed by atoms with Crippen molar-refractivity contribution in [3.8, 4) is 0 Å². The van der Waals surface area contributed by atoms with Crippen molar-refractivity contribution >= 4 is 23.9 Å². The topological polar surface area (TPSA) is 105 Å². The molecular formula is C27H38O8. The minimum atomic E-state index is -0.882. The molecule has 0 bridgehead atoms. The molecule has 0 aromatic heterocycles. The van der Waals surface area contributed by atoms with Crippen LogP contribution < -0.4 is 0 Å². The fourth-order valence-electron chi connectivity index (χ4n) is 6.91. The highest BCUT2D eigenvalue weighted by atomic mass is 16.6. The van der Waals surface area contributed by atoms with E-state index in [1.807, 2.05) is 20.8 Å². The predicted molar refractivity (Wildman–Crippen MR) is 127 cm³/mol. The second kappa shape index (κ2) is 9.43. The first-order valence-electron chi connectivity index (χ1n) is 12.2. The highest BCUT2D eigenvalue weighted by Gasteiger charge is 2.65. The molecule has 0 radical (unpaired) electrons. The van der Waals surface area contributed by atoms with Crippen LogP contribution in [-0.2, 0) is 38.1 Å². The molecule has 35 heavy (non-hydrogen) atoms. The molecule has 0 unspecified atom stereocenters. The Labute approximate surface area is 207 Å². The molecule has 0 aromatic carbocycles. The summed E-state index contributed by atoms with van der Waals surface area (Å²) in [5.41, 5.74) is -0.572. The molecule has 1 fully saturated rings. The van der Waals surface area contributed by atoms with E-state index in [1.165, 1.54) is 27.9 Å². The van der Waals surface area contributed by atoms with Crippen molar-refractivity contribution in [2.75, 3.05) is 7.11 Å². The summed E-state index contributed by atoms with van der Waals surface area (Å²) in [6.07, 6.45) is 2.36. The summed E-state index contributed by atoms with van der Waals surface area (Å²) in [5.74, 6) is -2.00. The van der Waals surface area contributed by atoms with Crippen LogP contribution in [0.1, 0.15) is 73.6 Å². The van der Waals surface area contributed by atoms with Gasteiger partial charge in [-0.1, -0.05) is 25.5 Å². The standard InChI is InChI=1S/C27H38O8/c1-9-25(5)12-10-18-22(23(25)35-17(4)30)19(33-15(2)28)14-20-26(6,24(31)32-8)13-11-21(27(18,20)7)34-16(3)29/h9,19-21,23H,1,10-14H2,2-8H3/t19-,20+,21+,23-,25+,26-,27-/m0/s1. The van der Waals surface area contributed by atoms with Crippen molar-refractivity contribution in [2.45, 2.75) is 92.0 Å². The maximum absolute atomic E-state index is 13.1. The Morgan fingerprint density at radius 1 is 0.943 bits per heavy atom. The van der Waals surface area contributed by atoms with Gasteiger partial charge in [0.05, 0.1) is 12.5 Å². The smallest absolute Gasteiger partial charge is 0.311 e. The number of methoxy groups -OCH3 is 1. The molecule has 0 aromatic rings. The van der Waals surface area contributed by atoms with Gasteiger partial charge in [-0.25, -0.2) is 0 Å². The van der Waals surface area contributed by atoms with Gasteiger partial charge in [-0.3, -0.25) is 19.2 Å². The van der Waals surface area contributed by atoms with Crippen LogP contribution in [0, 0.1) is 22.2 Å². The first-order chi connectivity index (χ1) is 16.2. The van der Waals surface area contributed by atoms with Crippen molar-refractivity contribution in [1.29, 1.82) is 0 Å². The van der Waals surface area contributed by atoms with Gasteiger partial charge in [0, 0.05) is 37.2 Å². The van der Waals surface area contributed by atoms with Crippen LogP contribution in [0.2, 0.25) is 0 Å². The average molecular weight is 491 g/mol. The number of hydrogen-bond acceptors (Lipinski definition) is 8. The maximum Gasteiger partial charge on any atom is 0.311 e. The Balaban J connectivity index is 2.33. The molecule has 3 rings (SSSR count). The van der Waals surface area contributed by atoms with E-state index in [0.29, 0.717) is 37.7 Å². The fourth-order valence-corrected chi connectivity index (χ4v) is 6.91. The van der Waals surface area contributed by atoms with Crippen LogP contribution in [0.25, 0.3) is 0 Å². The highest BCUT2D eigenvalue weighted by Crippen LogP contribution is 2.64. The van der Waals surface area contributed by atoms with Crippen LogP contribution in [0.15, 0.2) is 23.8 Å². The molecule has 0 N–H and O–H groups in total. The molecule has 7 atom stereocenters. The molecule has 0 spiro atoms. The summed E-state index contributed by atoms with van der Waals surface area (Å²) < 4.78 is 22.8. The number of carbonyl (C=O) groups is 4. The van der Waals surface area contributed by atoms with Crippen molar-refractivity contribution < 1.29 is 38.1 Å². The summed E-state index contributed by atoms with van der Waals surface area (Å²) in [7, 11) is 1.37. The third-order valence-corrected chi connectivity index (χ3v) is 8.70. The van der Waals surface area contributed by atoms with Gasteiger partial charge >= 0.3 is 23.9 Å². The summed E-state index contributed by atoms with van der Waals surface area (Å²) in [6, 6.07) is 0. The molecule has 3 aliphatic rings. The number of hydrogen-bond donors (Lipinski definition) is 0. The van der Waals surface area contributed by atoms with Gasteiger partial charge in [-0.05, 0) is 44.9 Å². The van der Waals surface area contributed by atoms with Crippen LogP contribution >= 0.6 is 0 Å². The molecule has 3 aliphatic carbocycles. The predicted octanol–water partition coefficient (Wildman–Crippen LogP) is 4.06. The van der Waals surface area contributed by atoms with E-state index in [9.17, 15) is 19.2 Å². The lowest BCUT2D eigenvalue weighted by Gasteiger charge is -2.60. The number of ether oxygens (including phenoxy) is 4. The van der Waals surface area contributed by atoms with E-state index in [1.54, 1.807) is 6.08 Å². The lowest BCUT2D eigenvalue weighted by Crippen LogP contribution is -2.62. The first kappa shape index (κ1) is 27.0. The zero-order chi connectivity index (χ0) is 26.3. The average Bonchev–Trinajstić information content (AvgIpc) is 2.77. The second-order valence-corrected chi connectivity index (χ2v) is 10.8. The van der Waals surface area contributed by atoms with Gasteiger partial charge in [0.15, 0.2) is 0 Å². The monoisotopic (exact) mass is 490 g/mol. The van der Waals surface area contributed by atoms with Gasteiger partial charge in [0.1, 0.15) is 18.3 Å². The number of fused-ring (bicyclic) bond motifs is 2. The summed E-state index contributed by atoms with van der Waals surface area (Å²) >= 11 is 0. The Kier molecular flexibility index (Phi) is 7.26. The minimum Gasteiger partial charge on any atom is -0.469 e. The molecule has 0 heterocycles. The minimum absolute atomic E-state index is 0.309. The SMILES string of the molecule is C=C[C@]1(C)CCC2=C([C@@H](OC(C)=O)C[C@H]3[C@@]2(C)[C@H](OC(C)=O)CC[C@]3(C)C(=O)OC)[C@@H]1OC(C)=O. The van der Waals surface area contributed by atoms with Gasteiger partial charge in [-0.2, -0.15) is 0 Å². The molecule has 8 heteroatoms. The van der Waals surface area contributed by atoms with E-state index in [2.05, 4.69) is 6.58 Å². The van der Waals surface area contributed by atoms with Gasteiger partial charge in [-0.15, -0.1) is 6.58 Å². The van der Waals surface area contributed by atoms with Crippen molar-refractivity contribution in [3.63, 3.8) is 0 Å².